The van der Waals surface area contributed by atoms with Crippen LogP contribution in [-0.4, -0.2) is 11.4 Å². The summed E-state index contributed by atoms with van der Waals surface area (Å²) in [4.78, 5) is 4.48. The van der Waals surface area contributed by atoms with Gasteiger partial charge in [0.05, 0.1) is 6.10 Å². The summed E-state index contributed by atoms with van der Waals surface area (Å²) in [7, 11) is 0. The predicted octanol–water partition coefficient (Wildman–Crippen LogP) is 6.35. The molecule has 19 heavy (non-hydrogen) atoms. The van der Waals surface area contributed by atoms with Crippen molar-refractivity contribution in [3.63, 3.8) is 0 Å². The maximum atomic E-state index is 8.72. The summed E-state index contributed by atoms with van der Waals surface area (Å²) in [6, 6.07) is 0. The molecular formula is C17H36O2. The minimum absolute atomic E-state index is 0.0727. The molecule has 0 aromatic heterocycles. The Bertz CT molecular complexity index is 159. The quantitative estimate of drug-likeness (QED) is 0.214. The van der Waals surface area contributed by atoms with Crippen molar-refractivity contribution >= 4 is 0 Å². The van der Waals surface area contributed by atoms with Crippen LogP contribution in [0.15, 0.2) is 0 Å². The Morgan fingerprint density at radius 2 is 1.11 bits per heavy atom. The van der Waals surface area contributed by atoms with Crippen LogP contribution in [0, 0.1) is 0 Å². The molecule has 0 spiro atoms. The van der Waals surface area contributed by atoms with Crippen molar-refractivity contribution in [3.05, 3.63) is 0 Å². The maximum Gasteiger partial charge on any atom is 0.0927 e. The van der Waals surface area contributed by atoms with Gasteiger partial charge < -0.3 is 0 Å². The molecular weight excluding hydrogens is 236 g/mol. The summed E-state index contributed by atoms with van der Waals surface area (Å²) < 4.78 is 0. The predicted molar refractivity (Wildman–Crippen MR) is 83.5 cm³/mol. The highest BCUT2D eigenvalue weighted by Crippen LogP contribution is 2.14. The van der Waals surface area contributed by atoms with Gasteiger partial charge in [-0.3, -0.25) is 5.26 Å². The molecule has 0 heterocycles. The fourth-order valence-corrected chi connectivity index (χ4v) is 2.61. The van der Waals surface area contributed by atoms with Crippen LogP contribution in [0.5, 0.6) is 0 Å². The SMILES string of the molecule is CCCCCCCCCCCCCC(CCC)OO. The van der Waals surface area contributed by atoms with Gasteiger partial charge in [0.25, 0.3) is 0 Å². The van der Waals surface area contributed by atoms with E-state index in [1.54, 1.807) is 0 Å². The standard InChI is InChI=1S/C17H36O2/c1-3-5-6-7-8-9-10-11-12-13-14-16-17(19-18)15-4-2/h17-18H,3-16H2,1-2H3. The Morgan fingerprint density at radius 3 is 1.53 bits per heavy atom. The van der Waals surface area contributed by atoms with Crippen molar-refractivity contribution in [2.45, 2.75) is 110 Å². The normalized spacial score (nSPS) is 12.8. The number of hydrogen-bond acceptors (Lipinski definition) is 2. The Kier molecular flexibility index (Phi) is 15.9. The molecule has 1 unspecified atom stereocenters. The minimum atomic E-state index is 0.0727. The first-order valence-electron chi connectivity index (χ1n) is 8.65. The molecule has 1 atom stereocenters. The van der Waals surface area contributed by atoms with E-state index in [0.717, 1.165) is 19.3 Å². The molecule has 0 bridgehead atoms. The molecule has 0 aromatic carbocycles. The van der Waals surface area contributed by atoms with Crippen molar-refractivity contribution in [3.8, 4) is 0 Å². The van der Waals surface area contributed by atoms with E-state index >= 15 is 0 Å². The molecule has 0 aromatic rings. The molecule has 0 saturated carbocycles. The lowest BCUT2D eigenvalue weighted by molar-refractivity contribution is -0.281. The number of hydrogen-bond donors (Lipinski definition) is 1. The second-order valence-corrected chi connectivity index (χ2v) is 5.84. The van der Waals surface area contributed by atoms with Gasteiger partial charge in [-0.2, -0.15) is 0 Å². The van der Waals surface area contributed by atoms with E-state index in [1.807, 2.05) is 0 Å². The molecule has 0 saturated heterocycles. The zero-order chi connectivity index (χ0) is 14.2. The number of unbranched alkanes of at least 4 members (excludes halogenated alkanes) is 10. The molecule has 2 heteroatoms. The van der Waals surface area contributed by atoms with Crippen molar-refractivity contribution in [1.82, 2.24) is 0 Å². The van der Waals surface area contributed by atoms with Gasteiger partial charge in [-0.15, -0.1) is 0 Å². The van der Waals surface area contributed by atoms with Crippen molar-refractivity contribution in [2.24, 2.45) is 0 Å². The van der Waals surface area contributed by atoms with E-state index in [0.29, 0.717) is 0 Å². The lowest BCUT2D eigenvalue weighted by atomic mass is 10.0. The highest BCUT2D eigenvalue weighted by Gasteiger charge is 2.06. The van der Waals surface area contributed by atoms with Gasteiger partial charge in [0, 0.05) is 0 Å². The summed E-state index contributed by atoms with van der Waals surface area (Å²) in [5.41, 5.74) is 0. The first kappa shape index (κ1) is 18.9. The molecule has 1 N–H and O–H groups in total. The first-order chi connectivity index (χ1) is 9.35. The van der Waals surface area contributed by atoms with Gasteiger partial charge in [0.2, 0.25) is 0 Å². The van der Waals surface area contributed by atoms with Crippen LogP contribution < -0.4 is 0 Å². The second-order valence-electron chi connectivity index (χ2n) is 5.84. The average Bonchev–Trinajstić information content (AvgIpc) is 2.43. The lowest BCUT2D eigenvalue weighted by Gasteiger charge is -2.11. The van der Waals surface area contributed by atoms with Gasteiger partial charge in [-0.1, -0.05) is 90.9 Å². The molecule has 116 valence electrons. The van der Waals surface area contributed by atoms with Crippen LogP contribution in [-0.2, 0) is 4.89 Å². The van der Waals surface area contributed by atoms with Crippen molar-refractivity contribution in [1.29, 1.82) is 0 Å². The van der Waals surface area contributed by atoms with Crippen LogP contribution in [0.4, 0.5) is 0 Å². The third-order valence-electron chi connectivity index (χ3n) is 3.89. The summed E-state index contributed by atoms with van der Waals surface area (Å²) in [5, 5.41) is 8.72. The molecule has 0 radical (unpaired) electrons. The molecule has 0 rings (SSSR count). The van der Waals surface area contributed by atoms with Gasteiger partial charge in [0.1, 0.15) is 0 Å². The lowest BCUT2D eigenvalue weighted by Crippen LogP contribution is -2.09. The van der Waals surface area contributed by atoms with Crippen LogP contribution in [0.2, 0.25) is 0 Å². The molecule has 0 aliphatic heterocycles. The Morgan fingerprint density at radius 1 is 0.632 bits per heavy atom. The second kappa shape index (κ2) is 16.0. The topological polar surface area (TPSA) is 29.5 Å². The van der Waals surface area contributed by atoms with Crippen LogP contribution >= 0.6 is 0 Å². The summed E-state index contributed by atoms with van der Waals surface area (Å²) in [6.07, 6.45) is 18.2. The van der Waals surface area contributed by atoms with Crippen LogP contribution in [0.3, 0.4) is 0 Å². The highest BCUT2D eigenvalue weighted by atomic mass is 17.1. The summed E-state index contributed by atoms with van der Waals surface area (Å²) in [6.45, 7) is 4.40. The van der Waals surface area contributed by atoms with E-state index < -0.39 is 0 Å². The van der Waals surface area contributed by atoms with Crippen molar-refractivity contribution in [2.75, 3.05) is 0 Å². The Balaban J connectivity index is 3.09. The smallest absolute Gasteiger partial charge is 0.0927 e. The zero-order valence-corrected chi connectivity index (χ0v) is 13.3. The fraction of sp³-hybridized carbons (Fsp3) is 1.00. The molecule has 0 aliphatic rings. The third kappa shape index (κ3) is 14.1. The summed E-state index contributed by atoms with van der Waals surface area (Å²) in [5.74, 6) is 0. The van der Waals surface area contributed by atoms with Gasteiger partial charge in [-0.25, -0.2) is 4.89 Å². The number of rotatable bonds is 15. The average molecular weight is 272 g/mol. The minimum Gasteiger partial charge on any atom is -0.252 e. The van der Waals surface area contributed by atoms with Gasteiger partial charge in [-0.05, 0) is 12.8 Å². The highest BCUT2D eigenvalue weighted by molar-refractivity contribution is 4.56. The van der Waals surface area contributed by atoms with E-state index in [9.17, 15) is 0 Å². The van der Waals surface area contributed by atoms with Crippen LogP contribution in [0.1, 0.15) is 104 Å². The summed E-state index contributed by atoms with van der Waals surface area (Å²) >= 11 is 0. The molecule has 0 aliphatic carbocycles. The maximum absolute atomic E-state index is 8.72. The van der Waals surface area contributed by atoms with Crippen LogP contribution in [0.25, 0.3) is 0 Å². The van der Waals surface area contributed by atoms with E-state index in [-0.39, 0.29) is 6.10 Å². The molecule has 0 amide bonds. The largest absolute Gasteiger partial charge is 0.252 e. The van der Waals surface area contributed by atoms with Gasteiger partial charge >= 0.3 is 0 Å². The first-order valence-corrected chi connectivity index (χ1v) is 8.65. The van der Waals surface area contributed by atoms with E-state index in [2.05, 4.69) is 18.7 Å². The monoisotopic (exact) mass is 272 g/mol. The van der Waals surface area contributed by atoms with Gasteiger partial charge in [0.15, 0.2) is 0 Å². The van der Waals surface area contributed by atoms with Crippen molar-refractivity contribution < 1.29 is 10.1 Å². The van der Waals surface area contributed by atoms with E-state index in [4.69, 9.17) is 5.26 Å². The Hall–Kier alpha value is -0.0800. The molecule has 2 nitrogen and oxygen atoms in total. The third-order valence-corrected chi connectivity index (χ3v) is 3.89. The fourth-order valence-electron chi connectivity index (χ4n) is 2.61. The zero-order valence-electron chi connectivity index (χ0n) is 13.3. The molecule has 0 fully saturated rings. The Labute approximate surface area is 120 Å². The van der Waals surface area contributed by atoms with E-state index in [1.165, 1.54) is 70.6 Å².